The van der Waals surface area contributed by atoms with Gasteiger partial charge in [-0.25, -0.2) is 0 Å². The average Bonchev–Trinajstić information content (AvgIpc) is 3.13. The van der Waals surface area contributed by atoms with Crippen LogP contribution in [-0.2, 0) is 23.9 Å². The minimum absolute atomic E-state index is 0.0630. The Bertz CT molecular complexity index is 905. The Morgan fingerprint density at radius 3 is 2.59 bits per heavy atom. The van der Waals surface area contributed by atoms with Gasteiger partial charge < -0.3 is 24.4 Å². The van der Waals surface area contributed by atoms with Crippen LogP contribution in [0.4, 0.5) is 0 Å². The number of cyclic esters (lactones) is 1. The molecule has 0 aromatic heterocycles. The van der Waals surface area contributed by atoms with E-state index in [2.05, 4.69) is 4.90 Å². The number of aliphatic hydroxyl groups is 1. The second kappa shape index (κ2) is 9.29. The van der Waals surface area contributed by atoms with Gasteiger partial charge in [0.05, 0.1) is 43.0 Å². The van der Waals surface area contributed by atoms with Gasteiger partial charge in [-0.2, -0.15) is 0 Å². The maximum absolute atomic E-state index is 14.0. The van der Waals surface area contributed by atoms with E-state index in [9.17, 15) is 19.5 Å². The molecule has 2 amide bonds. The Balaban J connectivity index is 1.49. The van der Waals surface area contributed by atoms with Crippen LogP contribution in [0.5, 0.6) is 0 Å². The van der Waals surface area contributed by atoms with Crippen molar-refractivity contribution in [3.05, 3.63) is 24.3 Å². The van der Waals surface area contributed by atoms with Crippen molar-refractivity contribution < 1.29 is 29.0 Å². The number of esters is 1. The zero-order valence-electron chi connectivity index (χ0n) is 19.6. The van der Waals surface area contributed by atoms with Gasteiger partial charge in [0.15, 0.2) is 0 Å². The van der Waals surface area contributed by atoms with Crippen LogP contribution in [0.15, 0.2) is 24.3 Å². The number of aliphatic hydroxyl groups excluding tert-OH is 1. The number of carbonyl (C=O) groups excluding carboxylic acids is 3. The molecule has 1 spiro atoms. The number of ether oxygens (including phenoxy) is 2. The molecule has 1 unspecified atom stereocenters. The minimum Gasteiger partial charge on any atom is -0.465 e. The Hall–Kier alpha value is -1.88. The van der Waals surface area contributed by atoms with Gasteiger partial charge in [-0.05, 0) is 13.3 Å². The highest BCUT2D eigenvalue weighted by Gasteiger charge is 2.73. The van der Waals surface area contributed by atoms with E-state index in [1.165, 1.54) is 16.7 Å². The first kappa shape index (κ1) is 23.8. The molecule has 3 fully saturated rings. The summed E-state index contributed by atoms with van der Waals surface area (Å²) in [5, 5.41) is 9.74. The highest BCUT2D eigenvalue weighted by atomic mass is 32.2. The van der Waals surface area contributed by atoms with E-state index in [0.29, 0.717) is 32.7 Å². The molecular formula is C24H33N3O6S. The van der Waals surface area contributed by atoms with Crippen LogP contribution < -0.4 is 0 Å². The summed E-state index contributed by atoms with van der Waals surface area (Å²) in [5.74, 6) is -2.16. The fraction of sp³-hybridized carbons (Fsp3) is 0.708. The SMILES string of the molecule is C[C@@]12C=CCCOC(=O)[C@@H]1[C@H]1C(=O)N(CCO)C3C(=O)N(CCN4CCOCC4)CC=C[C@@]31S2. The first-order chi connectivity index (χ1) is 16.4. The molecule has 5 atom stereocenters. The maximum atomic E-state index is 14.0. The van der Waals surface area contributed by atoms with Gasteiger partial charge in [0.25, 0.3) is 0 Å². The quantitative estimate of drug-likeness (QED) is 0.421. The molecule has 5 rings (SSSR count). The maximum Gasteiger partial charge on any atom is 0.311 e. The summed E-state index contributed by atoms with van der Waals surface area (Å²) >= 11 is 1.53. The van der Waals surface area contributed by atoms with Crippen LogP contribution >= 0.6 is 11.8 Å². The molecule has 5 aliphatic heterocycles. The molecule has 0 aliphatic carbocycles. The monoisotopic (exact) mass is 491 g/mol. The summed E-state index contributed by atoms with van der Waals surface area (Å²) in [4.78, 5) is 46.6. The van der Waals surface area contributed by atoms with E-state index < -0.39 is 27.4 Å². The van der Waals surface area contributed by atoms with Crippen LogP contribution in [0.1, 0.15) is 13.3 Å². The normalized spacial score (nSPS) is 38.2. The van der Waals surface area contributed by atoms with Gasteiger partial charge in [-0.15, -0.1) is 11.8 Å². The van der Waals surface area contributed by atoms with Gasteiger partial charge in [0, 0.05) is 44.0 Å². The number of likely N-dealkylation sites (tertiary alicyclic amines) is 1. The summed E-state index contributed by atoms with van der Waals surface area (Å²) in [6, 6.07) is -0.767. The number of β-amino-alcohol motifs (C(OH)–C–C–N with tert-alkyl or cyclic N) is 1. The standard InChI is InChI=1S/C24H33N3O6S/c1-23-5-2-3-14-33-22(31)18(23)17-20(29)27(10-13-28)19-21(30)26(7-4-6-24(17,19)34-23)9-8-25-11-15-32-16-12-25/h2,4-6,17-19,28H,3,7-16H2,1H3/t17-,18-,19?,23+,24-/m0/s1. The molecule has 9 nitrogen and oxygen atoms in total. The smallest absolute Gasteiger partial charge is 0.311 e. The largest absolute Gasteiger partial charge is 0.465 e. The highest BCUT2D eigenvalue weighted by Crippen LogP contribution is 2.65. The number of thioether (sulfide) groups is 1. The zero-order valence-corrected chi connectivity index (χ0v) is 20.4. The van der Waals surface area contributed by atoms with Crippen molar-refractivity contribution in [3.63, 3.8) is 0 Å². The van der Waals surface area contributed by atoms with Crippen LogP contribution in [0.25, 0.3) is 0 Å². The summed E-state index contributed by atoms with van der Waals surface area (Å²) in [7, 11) is 0. The third kappa shape index (κ3) is 3.79. The molecule has 186 valence electrons. The first-order valence-electron chi connectivity index (χ1n) is 12.1. The molecule has 0 aromatic carbocycles. The van der Waals surface area contributed by atoms with E-state index >= 15 is 0 Å². The second-order valence-corrected chi connectivity index (χ2v) is 11.5. The molecule has 34 heavy (non-hydrogen) atoms. The minimum atomic E-state index is -0.885. The number of amides is 2. The molecule has 0 aromatic rings. The summed E-state index contributed by atoms with van der Waals surface area (Å²) in [6.45, 7) is 6.89. The number of rotatable bonds is 5. The fourth-order valence-electron chi connectivity index (χ4n) is 6.17. The lowest BCUT2D eigenvalue weighted by Crippen LogP contribution is -2.55. The number of fused-ring (bicyclic) bond motifs is 2. The number of hydrogen-bond donors (Lipinski definition) is 1. The van der Waals surface area contributed by atoms with Crippen molar-refractivity contribution in [3.8, 4) is 0 Å². The van der Waals surface area contributed by atoms with Gasteiger partial charge >= 0.3 is 5.97 Å². The van der Waals surface area contributed by atoms with E-state index in [1.807, 2.05) is 36.1 Å². The molecule has 5 aliphatic rings. The Labute approximate surface area is 204 Å². The highest BCUT2D eigenvalue weighted by molar-refractivity contribution is 8.02. The number of morpholine rings is 1. The lowest BCUT2D eigenvalue weighted by molar-refractivity contribution is -0.154. The molecule has 10 heteroatoms. The Morgan fingerprint density at radius 1 is 1.03 bits per heavy atom. The van der Waals surface area contributed by atoms with Crippen molar-refractivity contribution in [2.24, 2.45) is 11.8 Å². The first-order valence-corrected chi connectivity index (χ1v) is 13.0. The summed E-state index contributed by atoms with van der Waals surface area (Å²) < 4.78 is 9.40. The molecular weight excluding hydrogens is 458 g/mol. The number of carbonyl (C=O) groups is 3. The van der Waals surface area contributed by atoms with Gasteiger partial charge in [-0.1, -0.05) is 24.3 Å². The molecule has 3 saturated heterocycles. The van der Waals surface area contributed by atoms with E-state index in [1.54, 1.807) is 0 Å². The van der Waals surface area contributed by atoms with E-state index in [0.717, 1.165) is 19.6 Å². The van der Waals surface area contributed by atoms with Crippen LogP contribution in [0.2, 0.25) is 0 Å². The van der Waals surface area contributed by atoms with Crippen molar-refractivity contribution >= 4 is 29.5 Å². The van der Waals surface area contributed by atoms with E-state index in [4.69, 9.17) is 9.47 Å². The third-order valence-corrected chi connectivity index (χ3v) is 9.53. The number of hydrogen-bond acceptors (Lipinski definition) is 8. The number of nitrogens with zero attached hydrogens (tertiary/aromatic N) is 3. The van der Waals surface area contributed by atoms with Crippen LogP contribution in [0.3, 0.4) is 0 Å². The molecule has 1 N–H and O–H groups in total. The average molecular weight is 492 g/mol. The van der Waals surface area contributed by atoms with Gasteiger partial charge in [-0.3, -0.25) is 19.3 Å². The van der Waals surface area contributed by atoms with Crippen molar-refractivity contribution in [2.75, 3.05) is 65.7 Å². The van der Waals surface area contributed by atoms with Crippen LogP contribution in [0, 0.1) is 11.8 Å². The fourth-order valence-corrected chi connectivity index (χ4v) is 8.32. The topological polar surface area (TPSA) is 99.6 Å². The van der Waals surface area contributed by atoms with Crippen molar-refractivity contribution in [1.82, 2.24) is 14.7 Å². The van der Waals surface area contributed by atoms with Crippen molar-refractivity contribution in [1.29, 1.82) is 0 Å². The third-order valence-electron chi connectivity index (χ3n) is 7.73. The molecule has 0 radical (unpaired) electrons. The lowest BCUT2D eigenvalue weighted by atomic mass is 9.74. The zero-order chi connectivity index (χ0) is 23.9. The molecule has 0 bridgehead atoms. The predicted octanol–water partition coefficient (Wildman–Crippen LogP) is -0.100. The lowest BCUT2D eigenvalue weighted by Gasteiger charge is -2.37. The van der Waals surface area contributed by atoms with Crippen molar-refractivity contribution in [2.45, 2.75) is 28.9 Å². The van der Waals surface area contributed by atoms with Gasteiger partial charge in [0.2, 0.25) is 11.8 Å². The predicted molar refractivity (Wildman–Crippen MR) is 126 cm³/mol. The second-order valence-electron chi connectivity index (χ2n) is 9.75. The molecule has 0 saturated carbocycles. The van der Waals surface area contributed by atoms with E-state index in [-0.39, 0.29) is 37.5 Å². The Kier molecular flexibility index (Phi) is 6.52. The summed E-state index contributed by atoms with van der Waals surface area (Å²) in [6.07, 6.45) is 8.63. The Morgan fingerprint density at radius 2 is 1.82 bits per heavy atom. The van der Waals surface area contributed by atoms with Gasteiger partial charge in [0.1, 0.15) is 6.04 Å². The summed E-state index contributed by atoms with van der Waals surface area (Å²) in [5.41, 5.74) is 0. The van der Waals surface area contributed by atoms with Crippen LogP contribution in [-0.4, -0.2) is 119 Å². The molecule has 5 heterocycles.